The van der Waals surface area contributed by atoms with Crippen LogP contribution in [0.5, 0.6) is 11.5 Å². The normalized spacial score (nSPS) is 14.1. The Bertz CT molecular complexity index is 824. The van der Waals surface area contributed by atoms with Crippen molar-refractivity contribution in [1.29, 1.82) is 0 Å². The number of urea groups is 1. The van der Waals surface area contributed by atoms with Gasteiger partial charge in [-0.15, -0.1) is 0 Å². The zero-order valence-corrected chi connectivity index (χ0v) is 16.7. The van der Waals surface area contributed by atoms with Crippen LogP contribution in [0.25, 0.3) is 0 Å². The van der Waals surface area contributed by atoms with Gasteiger partial charge in [0.05, 0.1) is 24.3 Å². The van der Waals surface area contributed by atoms with E-state index in [4.69, 9.17) is 32.7 Å². The largest absolute Gasteiger partial charge is 0.493 e. The fourth-order valence-electron chi connectivity index (χ4n) is 2.97. The summed E-state index contributed by atoms with van der Waals surface area (Å²) in [5.41, 5.74) is 1.66. The van der Waals surface area contributed by atoms with Gasteiger partial charge < -0.3 is 24.6 Å². The minimum atomic E-state index is -0.143. The van der Waals surface area contributed by atoms with E-state index in [1.54, 1.807) is 43.4 Å². The molecule has 0 radical (unpaired) electrons. The highest BCUT2D eigenvalue weighted by atomic mass is 35.5. The fourth-order valence-corrected chi connectivity index (χ4v) is 3.26. The van der Waals surface area contributed by atoms with Gasteiger partial charge in [-0.2, -0.15) is 0 Å². The van der Waals surface area contributed by atoms with Crippen molar-refractivity contribution in [2.75, 3.05) is 50.6 Å². The van der Waals surface area contributed by atoms with Gasteiger partial charge in [0.1, 0.15) is 0 Å². The number of hydrogen-bond donors (Lipinski definition) is 1. The number of rotatable bonds is 4. The molecule has 2 aromatic carbocycles. The van der Waals surface area contributed by atoms with Crippen LogP contribution in [-0.4, -0.2) is 51.3 Å². The summed E-state index contributed by atoms with van der Waals surface area (Å²) in [7, 11) is 3.13. The van der Waals surface area contributed by atoms with Gasteiger partial charge in [-0.1, -0.05) is 23.2 Å². The van der Waals surface area contributed by atoms with Crippen molar-refractivity contribution in [3.05, 3.63) is 46.4 Å². The van der Waals surface area contributed by atoms with Crippen molar-refractivity contribution in [2.24, 2.45) is 0 Å². The molecule has 144 valence electrons. The topological polar surface area (TPSA) is 54.0 Å². The maximum absolute atomic E-state index is 12.5. The first-order valence-electron chi connectivity index (χ1n) is 8.50. The Morgan fingerprint density at radius 1 is 0.926 bits per heavy atom. The van der Waals surface area contributed by atoms with Crippen LogP contribution < -0.4 is 19.7 Å². The monoisotopic (exact) mass is 409 g/mol. The van der Waals surface area contributed by atoms with Crippen LogP contribution in [0.1, 0.15) is 0 Å². The van der Waals surface area contributed by atoms with Crippen LogP contribution in [0.3, 0.4) is 0 Å². The van der Waals surface area contributed by atoms with E-state index < -0.39 is 0 Å². The number of ether oxygens (including phenoxy) is 2. The first-order chi connectivity index (χ1) is 13.0. The third-order valence-corrected chi connectivity index (χ3v) is 5.21. The third-order valence-electron chi connectivity index (χ3n) is 4.47. The highest BCUT2D eigenvalue weighted by Gasteiger charge is 2.22. The molecule has 0 spiro atoms. The van der Waals surface area contributed by atoms with Crippen LogP contribution in [0.2, 0.25) is 10.0 Å². The van der Waals surface area contributed by atoms with Gasteiger partial charge >= 0.3 is 6.03 Å². The molecule has 1 fully saturated rings. The Kier molecular flexibility index (Phi) is 6.19. The number of carbonyl (C=O) groups is 1. The van der Waals surface area contributed by atoms with E-state index in [0.29, 0.717) is 40.3 Å². The number of methoxy groups -OCH3 is 2. The van der Waals surface area contributed by atoms with E-state index in [0.717, 1.165) is 18.8 Å². The number of benzene rings is 2. The molecule has 1 aliphatic heterocycles. The Morgan fingerprint density at radius 2 is 1.63 bits per heavy atom. The minimum Gasteiger partial charge on any atom is -0.493 e. The van der Waals surface area contributed by atoms with E-state index in [9.17, 15) is 4.79 Å². The Morgan fingerprint density at radius 3 is 2.26 bits per heavy atom. The number of hydrogen-bond acceptors (Lipinski definition) is 4. The van der Waals surface area contributed by atoms with Gasteiger partial charge in [0, 0.05) is 43.6 Å². The lowest BCUT2D eigenvalue weighted by molar-refractivity contribution is 0.208. The summed E-state index contributed by atoms with van der Waals surface area (Å²) in [4.78, 5) is 16.5. The molecule has 1 aliphatic rings. The molecule has 27 heavy (non-hydrogen) atoms. The van der Waals surface area contributed by atoms with E-state index in [1.807, 2.05) is 12.1 Å². The van der Waals surface area contributed by atoms with Crippen molar-refractivity contribution < 1.29 is 14.3 Å². The summed E-state index contributed by atoms with van der Waals surface area (Å²) >= 11 is 12.1. The predicted octanol–water partition coefficient (Wildman–Crippen LogP) is 4.36. The van der Waals surface area contributed by atoms with Gasteiger partial charge in [0.25, 0.3) is 0 Å². The highest BCUT2D eigenvalue weighted by molar-refractivity contribution is 6.42. The number of carbonyl (C=O) groups excluding carboxylic acids is 1. The summed E-state index contributed by atoms with van der Waals surface area (Å²) in [5, 5.41) is 3.97. The summed E-state index contributed by atoms with van der Waals surface area (Å²) in [6.07, 6.45) is 0. The fraction of sp³-hybridized carbons (Fsp3) is 0.316. The van der Waals surface area contributed by atoms with Gasteiger partial charge in [-0.3, -0.25) is 0 Å². The van der Waals surface area contributed by atoms with Crippen LogP contribution >= 0.6 is 23.2 Å². The van der Waals surface area contributed by atoms with Crippen molar-refractivity contribution in [3.8, 4) is 11.5 Å². The molecule has 0 saturated carbocycles. The smallest absolute Gasteiger partial charge is 0.321 e. The molecular formula is C19H21Cl2N3O3. The molecule has 0 aromatic heterocycles. The lowest BCUT2D eigenvalue weighted by Crippen LogP contribution is -2.50. The zero-order valence-electron chi connectivity index (χ0n) is 15.2. The van der Waals surface area contributed by atoms with Crippen LogP contribution in [0, 0.1) is 0 Å². The van der Waals surface area contributed by atoms with Crippen molar-refractivity contribution in [2.45, 2.75) is 0 Å². The summed E-state index contributed by atoms with van der Waals surface area (Å²) in [6.45, 7) is 2.66. The van der Waals surface area contributed by atoms with Gasteiger partial charge in [-0.25, -0.2) is 4.79 Å². The number of nitrogens with one attached hydrogen (secondary N) is 1. The average Bonchev–Trinajstić information content (AvgIpc) is 2.70. The molecule has 0 bridgehead atoms. The zero-order chi connectivity index (χ0) is 19.4. The molecule has 1 saturated heterocycles. The van der Waals surface area contributed by atoms with E-state index in [1.165, 1.54) is 0 Å². The minimum absolute atomic E-state index is 0.143. The van der Waals surface area contributed by atoms with Crippen molar-refractivity contribution in [1.82, 2.24) is 4.90 Å². The van der Waals surface area contributed by atoms with Gasteiger partial charge in [-0.05, 0) is 30.3 Å². The first kappa shape index (κ1) is 19.5. The molecular weight excluding hydrogens is 389 g/mol. The standard InChI is InChI=1S/C19H21Cl2N3O3/c1-26-17-6-3-13(11-18(17)27-2)22-19(25)24-9-7-23(8-10-24)14-4-5-15(20)16(21)12-14/h3-6,11-12H,7-10H2,1-2H3,(H,22,25). The SMILES string of the molecule is COc1ccc(NC(=O)N2CCN(c3ccc(Cl)c(Cl)c3)CC2)cc1OC. The van der Waals surface area contributed by atoms with Crippen molar-refractivity contribution in [3.63, 3.8) is 0 Å². The molecule has 8 heteroatoms. The number of piperazine rings is 1. The van der Waals surface area contributed by atoms with Gasteiger partial charge in [0.2, 0.25) is 0 Å². The molecule has 3 rings (SSSR count). The number of halogens is 2. The summed E-state index contributed by atoms with van der Waals surface area (Å²) in [5.74, 6) is 1.19. The molecule has 2 amide bonds. The molecule has 0 unspecified atom stereocenters. The van der Waals surface area contributed by atoms with Crippen LogP contribution in [0.15, 0.2) is 36.4 Å². The van der Waals surface area contributed by atoms with Crippen LogP contribution in [0.4, 0.5) is 16.2 Å². The lowest BCUT2D eigenvalue weighted by Gasteiger charge is -2.36. The lowest BCUT2D eigenvalue weighted by atomic mass is 10.2. The first-order valence-corrected chi connectivity index (χ1v) is 9.25. The number of amides is 2. The van der Waals surface area contributed by atoms with E-state index >= 15 is 0 Å². The predicted molar refractivity (Wildman–Crippen MR) is 109 cm³/mol. The van der Waals surface area contributed by atoms with Crippen LogP contribution in [-0.2, 0) is 0 Å². The molecule has 1 heterocycles. The number of anilines is 2. The maximum Gasteiger partial charge on any atom is 0.321 e. The Hall–Kier alpha value is -2.31. The Labute approximate surface area is 168 Å². The third kappa shape index (κ3) is 4.51. The number of nitrogens with zero attached hydrogens (tertiary/aromatic N) is 2. The maximum atomic E-state index is 12.5. The highest BCUT2D eigenvalue weighted by Crippen LogP contribution is 2.30. The second kappa shape index (κ2) is 8.59. The molecule has 2 aromatic rings. The average molecular weight is 410 g/mol. The quantitative estimate of drug-likeness (QED) is 0.814. The second-order valence-electron chi connectivity index (χ2n) is 6.07. The van der Waals surface area contributed by atoms with E-state index in [-0.39, 0.29) is 6.03 Å². The van der Waals surface area contributed by atoms with Crippen molar-refractivity contribution >= 4 is 40.6 Å². The second-order valence-corrected chi connectivity index (χ2v) is 6.89. The molecule has 6 nitrogen and oxygen atoms in total. The summed E-state index contributed by atoms with van der Waals surface area (Å²) in [6, 6.07) is 10.7. The van der Waals surface area contributed by atoms with E-state index in [2.05, 4.69) is 10.2 Å². The van der Waals surface area contributed by atoms with Gasteiger partial charge in [0.15, 0.2) is 11.5 Å². The molecule has 0 aliphatic carbocycles. The molecule has 0 atom stereocenters. The summed E-state index contributed by atoms with van der Waals surface area (Å²) < 4.78 is 10.5. The Balaban J connectivity index is 1.59. The molecule has 1 N–H and O–H groups in total.